The van der Waals surface area contributed by atoms with Crippen LogP contribution < -0.4 is 10.6 Å². The summed E-state index contributed by atoms with van der Waals surface area (Å²) in [4.78, 5) is 8.74. The molecule has 3 N–H and O–H groups in total. The van der Waals surface area contributed by atoms with Gasteiger partial charge < -0.3 is 10.6 Å². The number of H-pyrrole nitrogens is 1. The van der Waals surface area contributed by atoms with Crippen molar-refractivity contribution >= 4 is 44.4 Å². The molecule has 0 saturated carbocycles. The Labute approximate surface area is 124 Å². The summed E-state index contributed by atoms with van der Waals surface area (Å²) < 4.78 is 1.02. The van der Waals surface area contributed by atoms with Crippen LogP contribution in [-0.2, 0) is 0 Å². The number of hydrogen-bond acceptors (Lipinski definition) is 5. The van der Waals surface area contributed by atoms with Crippen molar-refractivity contribution in [1.82, 2.24) is 20.2 Å². The van der Waals surface area contributed by atoms with Gasteiger partial charge in [-0.3, -0.25) is 5.10 Å². The van der Waals surface area contributed by atoms with Gasteiger partial charge in [-0.05, 0) is 30.7 Å². The molecule has 6 nitrogen and oxygen atoms in total. The monoisotopic (exact) mass is 332 g/mol. The number of halogens is 1. The fourth-order valence-electron chi connectivity index (χ4n) is 1.99. The minimum atomic E-state index is 0.538. The number of anilines is 3. The Balaban J connectivity index is 2.07. The Morgan fingerprint density at radius 2 is 2.05 bits per heavy atom. The molecule has 3 aromatic rings. The van der Waals surface area contributed by atoms with Gasteiger partial charge in [0, 0.05) is 17.2 Å². The topological polar surface area (TPSA) is 78.5 Å². The molecule has 0 amide bonds. The molecule has 2 aromatic heterocycles. The lowest BCUT2D eigenvalue weighted by Gasteiger charge is -2.09. The minimum absolute atomic E-state index is 0.538. The Bertz CT molecular complexity index is 746. The molecule has 0 fully saturated rings. The van der Waals surface area contributed by atoms with Crippen LogP contribution in [0.5, 0.6) is 0 Å². The largest absolute Gasteiger partial charge is 0.357 e. The van der Waals surface area contributed by atoms with Crippen LogP contribution in [0.25, 0.3) is 11.0 Å². The first-order chi connectivity index (χ1) is 9.65. The molecule has 0 aliphatic heterocycles. The van der Waals surface area contributed by atoms with Gasteiger partial charge >= 0.3 is 0 Å². The fourth-order valence-corrected chi connectivity index (χ4v) is 2.59. The molecule has 0 aliphatic carbocycles. The maximum atomic E-state index is 4.44. The predicted octanol–water partition coefficient (Wildman–Crippen LogP) is 3.21. The van der Waals surface area contributed by atoms with E-state index in [0.717, 1.165) is 21.1 Å². The second kappa shape index (κ2) is 5.09. The second-order valence-corrected chi connectivity index (χ2v) is 5.34. The number of nitrogens with one attached hydrogen (secondary N) is 3. The number of aryl methyl sites for hydroxylation is 1. The molecule has 0 spiro atoms. The van der Waals surface area contributed by atoms with Crippen LogP contribution in [-0.4, -0.2) is 27.2 Å². The lowest BCUT2D eigenvalue weighted by Crippen LogP contribution is -2.01. The van der Waals surface area contributed by atoms with Crippen molar-refractivity contribution in [2.24, 2.45) is 0 Å². The zero-order valence-electron chi connectivity index (χ0n) is 11.0. The summed E-state index contributed by atoms with van der Waals surface area (Å²) >= 11 is 3.49. The average Bonchev–Trinajstić information content (AvgIpc) is 2.85. The number of aromatic amines is 1. The molecule has 0 atom stereocenters. The van der Waals surface area contributed by atoms with Crippen LogP contribution in [0.1, 0.15) is 5.56 Å². The maximum absolute atomic E-state index is 4.44. The number of nitrogens with zero attached hydrogens (tertiary/aromatic N) is 3. The third-order valence-corrected chi connectivity index (χ3v) is 3.30. The maximum Gasteiger partial charge on any atom is 0.226 e. The molecule has 7 heteroatoms. The summed E-state index contributed by atoms with van der Waals surface area (Å²) in [6, 6.07) is 6.11. The fraction of sp³-hybridized carbons (Fsp3) is 0.154. The number of rotatable bonds is 3. The Kier molecular flexibility index (Phi) is 3.27. The minimum Gasteiger partial charge on any atom is -0.357 e. The van der Waals surface area contributed by atoms with Gasteiger partial charge in [0.15, 0.2) is 5.65 Å². The Hall–Kier alpha value is -2.15. The van der Waals surface area contributed by atoms with E-state index in [4.69, 9.17) is 0 Å². The van der Waals surface area contributed by atoms with E-state index in [2.05, 4.69) is 58.9 Å². The SMILES string of the molecule is CNc1nc(Nc2cc(C)cc(Br)c2)c2cn[nH]c2n1. The van der Waals surface area contributed by atoms with Crippen LogP contribution in [0.15, 0.2) is 28.9 Å². The van der Waals surface area contributed by atoms with Crippen LogP contribution in [0.2, 0.25) is 0 Å². The van der Waals surface area contributed by atoms with Gasteiger partial charge in [0.2, 0.25) is 5.95 Å². The van der Waals surface area contributed by atoms with Gasteiger partial charge in [0.05, 0.1) is 11.6 Å². The summed E-state index contributed by atoms with van der Waals surface area (Å²) in [5.74, 6) is 1.25. The van der Waals surface area contributed by atoms with Crippen molar-refractivity contribution in [2.75, 3.05) is 17.7 Å². The summed E-state index contributed by atoms with van der Waals surface area (Å²) in [6.45, 7) is 2.04. The summed E-state index contributed by atoms with van der Waals surface area (Å²) in [5.41, 5.74) is 2.81. The van der Waals surface area contributed by atoms with Gasteiger partial charge in [-0.15, -0.1) is 0 Å². The molecule has 20 heavy (non-hydrogen) atoms. The van der Waals surface area contributed by atoms with E-state index >= 15 is 0 Å². The standard InChI is InChI=1S/C13H13BrN6/c1-7-3-8(14)5-9(4-7)17-11-10-6-16-20-12(10)19-13(15-2)18-11/h3-6H,1-2H3,(H3,15,16,17,18,19,20). The van der Waals surface area contributed by atoms with Crippen molar-refractivity contribution in [1.29, 1.82) is 0 Å². The summed E-state index contributed by atoms with van der Waals surface area (Å²) in [7, 11) is 1.78. The van der Waals surface area contributed by atoms with E-state index in [1.807, 2.05) is 13.0 Å². The lowest BCUT2D eigenvalue weighted by atomic mass is 10.2. The van der Waals surface area contributed by atoms with Crippen LogP contribution >= 0.6 is 15.9 Å². The van der Waals surface area contributed by atoms with Gasteiger partial charge in [0.25, 0.3) is 0 Å². The van der Waals surface area contributed by atoms with E-state index in [0.29, 0.717) is 17.4 Å². The van der Waals surface area contributed by atoms with Gasteiger partial charge in [0.1, 0.15) is 5.82 Å². The second-order valence-electron chi connectivity index (χ2n) is 4.42. The number of aromatic nitrogens is 4. The quantitative estimate of drug-likeness (QED) is 0.686. The molecule has 0 unspecified atom stereocenters. The molecule has 0 radical (unpaired) electrons. The molecule has 0 bridgehead atoms. The highest BCUT2D eigenvalue weighted by atomic mass is 79.9. The molecule has 2 heterocycles. The molecular formula is C13H13BrN6. The van der Waals surface area contributed by atoms with Crippen molar-refractivity contribution < 1.29 is 0 Å². The molecular weight excluding hydrogens is 320 g/mol. The molecule has 0 aliphatic rings. The molecule has 102 valence electrons. The first-order valence-electron chi connectivity index (χ1n) is 6.09. The van der Waals surface area contributed by atoms with E-state index in [9.17, 15) is 0 Å². The van der Waals surface area contributed by atoms with Gasteiger partial charge in [-0.1, -0.05) is 15.9 Å². The highest BCUT2D eigenvalue weighted by molar-refractivity contribution is 9.10. The first-order valence-corrected chi connectivity index (χ1v) is 6.88. The van der Waals surface area contributed by atoms with Crippen molar-refractivity contribution in [3.63, 3.8) is 0 Å². The Morgan fingerprint density at radius 1 is 1.20 bits per heavy atom. The van der Waals surface area contributed by atoms with Crippen molar-refractivity contribution in [3.05, 3.63) is 34.4 Å². The number of hydrogen-bond donors (Lipinski definition) is 3. The summed E-state index contributed by atoms with van der Waals surface area (Å²) in [5, 5.41) is 14.0. The van der Waals surface area contributed by atoms with E-state index in [1.165, 1.54) is 0 Å². The first kappa shape index (κ1) is 12.9. The average molecular weight is 333 g/mol. The van der Waals surface area contributed by atoms with Crippen molar-refractivity contribution in [2.45, 2.75) is 6.92 Å². The highest BCUT2D eigenvalue weighted by Crippen LogP contribution is 2.26. The molecule has 1 aromatic carbocycles. The van der Waals surface area contributed by atoms with Gasteiger partial charge in [-0.25, -0.2) is 0 Å². The van der Waals surface area contributed by atoms with Gasteiger partial charge in [-0.2, -0.15) is 15.1 Å². The lowest BCUT2D eigenvalue weighted by molar-refractivity contribution is 1.09. The van der Waals surface area contributed by atoms with Crippen LogP contribution in [0, 0.1) is 6.92 Å². The van der Waals surface area contributed by atoms with E-state index in [1.54, 1.807) is 13.2 Å². The number of fused-ring (bicyclic) bond motifs is 1. The predicted molar refractivity (Wildman–Crippen MR) is 83.4 cm³/mol. The normalized spacial score (nSPS) is 10.8. The van der Waals surface area contributed by atoms with Crippen LogP contribution in [0.3, 0.4) is 0 Å². The van der Waals surface area contributed by atoms with Crippen molar-refractivity contribution in [3.8, 4) is 0 Å². The highest BCUT2D eigenvalue weighted by Gasteiger charge is 2.09. The molecule has 0 saturated heterocycles. The smallest absolute Gasteiger partial charge is 0.226 e. The zero-order valence-corrected chi connectivity index (χ0v) is 12.6. The van der Waals surface area contributed by atoms with E-state index in [-0.39, 0.29) is 0 Å². The third kappa shape index (κ3) is 2.44. The number of benzene rings is 1. The zero-order chi connectivity index (χ0) is 14.1. The van der Waals surface area contributed by atoms with E-state index < -0.39 is 0 Å². The summed E-state index contributed by atoms with van der Waals surface area (Å²) in [6.07, 6.45) is 1.71. The third-order valence-electron chi connectivity index (χ3n) is 2.84. The van der Waals surface area contributed by atoms with Crippen LogP contribution in [0.4, 0.5) is 17.5 Å². The Morgan fingerprint density at radius 3 is 2.80 bits per heavy atom. The molecule has 3 rings (SSSR count).